The van der Waals surface area contributed by atoms with Gasteiger partial charge in [0, 0.05) is 47.3 Å². The van der Waals surface area contributed by atoms with E-state index in [9.17, 15) is 4.39 Å². The van der Waals surface area contributed by atoms with E-state index in [1.54, 1.807) is 6.07 Å². The smallest absolute Gasteiger partial charge is 0.235 e. The van der Waals surface area contributed by atoms with Crippen LogP contribution in [0.25, 0.3) is 21.3 Å². The molecule has 0 spiro atoms. The number of piperidine rings is 1. The molecule has 7 nitrogen and oxygen atoms in total. The average Bonchev–Trinajstić information content (AvgIpc) is 3.29. The van der Waals surface area contributed by atoms with Crippen molar-refractivity contribution in [1.82, 2.24) is 20.2 Å². The van der Waals surface area contributed by atoms with Crippen LogP contribution in [0.5, 0.6) is 5.88 Å². The summed E-state index contributed by atoms with van der Waals surface area (Å²) in [6.45, 7) is 6.57. The number of thiophene rings is 1. The Kier molecular flexibility index (Phi) is 8.23. The molecule has 0 radical (unpaired) electrons. The van der Waals surface area contributed by atoms with E-state index in [1.165, 1.54) is 29.4 Å². The summed E-state index contributed by atoms with van der Waals surface area (Å²) < 4.78 is 21.9. The molecular formula is C24H31FN6OS2. The molecule has 1 aliphatic heterocycles. The Bertz CT molecular complexity index is 1150. The molecule has 3 aromatic rings. The number of hydrogen-bond donors (Lipinski definition) is 2. The highest BCUT2D eigenvalue weighted by atomic mass is 32.2. The highest BCUT2D eigenvalue weighted by Crippen LogP contribution is 2.38. The second kappa shape index (κ2) is 11.3. The molecule has 34 heavy (non-hydrogen) atoms. The number of aliphatic imine (C=N–C) groups is 1. The zero-order valence-corrected chi connectivity index (χ0v) is 21.4. The number of ether oxygens (including phenoxy) is 1. The first kappa shape index (κ1) is 24.7. The van der Waals surface area contributed by atoms with Crippen LogP contribution in [0, 0.1) is 5.82 Å². The van der Waals surface area contributed by atoms with Crippen LogP contribution in [0.1, 0.15) is 33.1 Å². The van der Waals surface area contributed by atoms with Crippen molar-refractivity contribution >= 4 is 39.3 Å². The molecule has 2 aromatic heterocycles. The van der Waals surface area contributed by atoms with Crippen LogP contribution in [0.3, 0.4) is 0 Å². The average molecular weight is 503 g/mol. The van der Waals surface area contributed by atoms with Gasteiger partial charge in [0.05, 0.1) is 5.52 Å². The molecule has 1 aromatic carbocycles. The summed E-state index contributed by atoms with van der Waals surface area (Å²) in [5, 5.41) is 5.26. The predicted octanol–water partition coefficient (Wildman–Crippen LogP) is 4.72. The van der Waals surface area contributed by atoms with Crippen LogP contribution >= 0.6 is 23.1 Å². The Morgan fingerprint density at radius 3 is 2.79 bits per heavy atom. The molecule has 1 saturated heterocycles. The number of halogens is 1. The Morgan fingerprint density at radius 1 is 1.32 bits per heavy atom. The van der Waals surface area contributed by atoms with E-state index in [1.807, 2.05) is 23.8 Å². The number of benzene rings is 1. The lowest BCUT2D eigenvalue weighted by Crippen LogP contribution is -2.46. The molecule has 1 fully saturated rings. The molecule has 182 valence electrons. The maximum Gasteiger partial charge on any atom is 0.235 e. The Morgan fingerprint density at radius 2 is 2.12 bits per heavy atom. The minimum atomic E-state index is -0.251. The van der Waals surface area contributed by atoms with Gasteiger partial charge >= 0.3 is 0 Å². The summed E-state index contributed by atoms with van der Waals surface area (Å²) in [5.41, 5.74) is 8.28. The van der Waals surface area contributed by atoms with Gasteiger partial charge in [-0.25, -0.2) is 19.4 Å². The number of nitrogens with one attached hydrogen (secondary N) is 1. The lowest BCUT2D eigenvalue weighted by atomic mass is 10.1. The number of thioether (sulfide) groups is 1. The molecule has 4 rings (SSSR count). The third kappa shape index (κ3) is 5.45. The normalized spacial score (nSPS) is 16.2. The second-order valence-corrected chi connectivity index (χ2v) is 9.88. The summed E-state index contributed by atoms with van der Waals surface area (Å²) in [6.07, 6.45) is 6.04. The van der Waals surface area contributed by atoms with Crippen molar-refractivity contribution in [2.24, 2.45) is 10.7 Å². The maximum absolute atomic E-state index is 14.7. The van der Waals surface area contributed by atoms with E-state index in [0.717, 1.165) is 54.1 Å². The second-order valence-electron chi connectivity index (χ2n) is 8.12. The van der Waals surface area contributed by atoms with Gasteiger partial charge in [0.25, 0.3) is 0 Å². The fraction of sp³-hybridized carbons (Fsp3) is 0.458. The molecule has 10 heteroatoms. The van der Waals surface area contributed by atoms with Crippen LogP contribution in [-0.2, 0) is 0 Å². The highest BCUT2D eigenvalue weighted by Gasteiger charge is 2.24. The van der Waals surface area contributed by atoms with E-state index in [4.69, 9.17) is 10.5 Å². The van der Waals surface area contributed by atoms with Crippen molar-refractivity contribution in [2.75, 3.05) is 25.9 Å². The minimum absolute atomic E-state index is 0.0287. The molecule has 3 N–H and O–H groups in total. The van der Waals surface area contributed by atoms with Crippen molar-refractivity contribution < 1.29 is 9.13 Å². The number of hydrogen-bond acceptors (Lipinski definition) is 7. The quantitative estimate of drug-likeness (QED) is 0.262. The summed E-state index contributed by atoms with van der Waals surface area (Å²) >= 11 is 3.00. The number of nitrogens with two attached hydrogens (primary N) is 1. The van der Waals surface area contributed by atoms with E-state index < -0.39 is 0 Å². The maximum atomic E-state index is 14.7. The van der Waals surface area contributed by atoms with Gasteiger partial charge in [0.15, 0.2) is 5.96 Å². The van der Waals surface area contributed by atoms with E-state index in [2.05, 4.69) is 39.0 Å². The monoisotopic (exact) mass is 502 g/mol. The van der Waals surface area contributed by atoms with Gasteiger partial charge in [-0.15, -0.1) is 23.1 Å². The molecule has 0 aliphatic carbocycles. The number of rotatable bonds is 8. The molecule has 3 heterocycles. The van der Waals surface area contributed by atoms with Gasteiger partial charge in [-0.3, -0.25) is 5.32 Å². The summed E-state index contributed by atoms with van der Waals surface area (Å²) in [5.74, 6) is 0.882. The molecule has 0 saturated carbocycles. The molecule has 1 atom stereocenters. The zero-order chi connectivity index (χ0) is 24.1. The van der Waals surface area contributed by atoms with Crippen LogP contribution in [0.15, 0.2) is 39.8 Å². The Hall–Kier alpha value is -2.43. The van der Waals surface area contributed by atoms with E-state index >= 15 is 0 Å². The summed E-state index contributed by atoms with van der Waals surface area (Å²) in [7, 11) is 0. The Balaban J connectivity index is 1.46. The van der Waals surface area contributed by atoms with Crippen LogP contribution in [0.4, 0.5) is 4.39 Å². The number of likely N-dealkylation sites (tertiary alicyclic amines) is 1. The first-order valence-electron chi connectivity index (χ1n) is 11.6. The first-order chi connectivity index (χ1) is 16.5. The van der Waals surface area contributed by atoms with E-state index in [0.29, 0.717) is 22.9 Å². The third-order valence-corrected chi connectivity index (χ3v) is 7.63. The van der Waals surface area contributed by atoms with Crippen LogP contribution in [-0.4, -0.2) is 59.0 Å². The standard InChI is InChI=1S/C24H31FN6OS2/c1-4-20(27-5-2)30-24(26)31-10-8-15(9-11-31)32-23-22-21(28-14-29-23)18(13-34-22)17-7-6-16(33-3)12-19(17)25/h6-7,12-15,20,27H,4-5,8-11H2,1-3H3,(H2,26,30). The third-order valence-electron chi connectivity index (χ3n) is 5.95. The van der Waals surface area contributed by atoms with Crippen molar-refractivity contribution in [2.45, 2.75) is 50.3 Å². The molecule has 1 aliphatic rings. The van der Waals surface area contributed by atoms with Crippen molar-refractivity contribution in [3.8, 4) is 17.0 Å². The van der Waals surface area contributed by atoms with Crippen LogP contribution < -0.4 is 15.8 Å². The lowest BCUT2D eigenvalue weighted by Gasteiger charge is -2.33. The number of nitrogens with zero attached hydrogens (tertiary/aromatic N) is 4. The van der Waals surface area contributed by atoms with Crippen molar-refractivity contribution in [3.05, 3.63) is 35.7 Å². The molecular weight excluding hydrogens is 471 g/mol. The number of guanidine groups is 1. The minimum Gasteiger partial charge on any atom is -0.473 e. The number of aromatic nitrogens is 2. The SMILES string of the molecule is CCNC(CC)N=C(N)N1CCC(Oc2ncnc3c(-c4ccc(SC)cc4F)csc23)CC1. The molecule has 0 bridgehead atoms. The van der Waals surface area contributed by atoms with Crippen molar-refractivity contribution in [3.63, 3.8) is 0 Å². The number of fused-ring (bicyclic) bond motifs is 1. The van der Waals surface area contributed by atoms with Gasteiger partial charge in [-0.1, -0.05) is 19.9 Å². The lowest BCUT2D eigenvalue weighted by molar-refractivity contribution is 0.127. The largest absolute Gasteiger partial charge is 0.473 e. The van der Waals surface area contributed by atoms with Gasteiger partial charge < -0.3 is 15.4 Å². The highest BCUT2D eigenvalue weighted by molar-refractivity contribution is 7.98. The molecule has 1 unspecified atom stereocenters. The van der Waals surface area contributed by atoms with Gasteiger partial charge in [-0.05, 0) is 31.4 Å². The topological polar surface area (TPSA) is 88.7 Å². The Labute approximate surface area is 208 Å². The predicted molar refractivity (Wildman–Crippen MR) is 139 cm³/mol. The van der Waals surface area contributed by atoms with Crippen molar-refractivity contribution in [1.29, 1.82) is 0 Å². The van der Waals surface area contributed by atoms with Gasteiger partial charge in [0.1, 0.15) is 29.1 Å². The first-order valence-corrected chi connectivity index (χ1v) is 13.7. The fourth-order valence-corrected chi connectivity index (χ4v) is 5.44. The fourth-order valence-electron chi connectivity index (χ4n) is 4.06. The van der Waals surface area contributed by atoms with E-state index in [-0.39, 0.29) is 18.1 Å². The molecule has 0 amide bonds. The summed E-state index contributed by atoms with van der Waals surface area (Å²) in [4.78, 5) is 16.5. The zero-order valence-electron chi connectivity index (χ0n) is 19.8. The summed E-state index contributed by atoms with van der Waals surface area (Å²) in [6, 6.07) is 5.30. The van der Waals surface area contributed by atoms with Crippen LogP contribution in [0.2, 0.25) is 0 Å². The van der Waals surface area contributed by atoms with Gasteiger partial charge in [0.2, 0.25) is 5.88 Å². The van der Waals surface area contributed by atoms with Gasteiger partial charge in [-0.2, -0.15) is 0 Å².